The van der Waals surface area contributed by atoms with Gasteiger partial charge in [0.15, 0.2) is 5.82 Å². The highest BCUT2D eigenvalue weighted by Gasteiger charge is 2.16. The summed E-state index contributed by atoms with van der Waals surface area (Å²) in [4.78, 5) is 8.32. The number of nitrogens with zero attached hydrogens (tertiary/aromatic N) is 4. The van der Waals surface area contributed by atoms with E-state index in [1.54, 1.807) is 26.5 Å². The second-order valence-electron chi connectivity index (χ2n) is 8.65. The Labute approximate surface area is 268 Å². The van der Waals surface area contributed by atoms with Crippen molar-refractivity contribution in [2.24, 2.45) is 0 Å². The molecule has 0 fully saturated rings. The van der Waals surface area contributed by atoms with Crippen molar-refractivity contribution < 1.29 is 9.47 Å². The Morgan fingerprint density at radius 2 is 1.21 bits per heavy atom. The topological polar surface area (TPSA) is 104 Å². The standard InChI is InChI=1S/C19H13Cl2N3O.C13H8Cl2N2O/c1-25-13-6-4-5-12(9-13)15-11-23-19(18(21)14(15)10-22)24-17-8-3-2-7-16(17)20;1-18-9-4-2-3-8(5-9)11-7-17-13(15)12(14)10(11)6-16/h2-9,11H,1H3,(H,23,24);2-5,7H,1H3. The number of benzene rings is 3. The lowest BCUT2D eigenvalue weighted by molar-refractivity contribution is 0.415. The van der Waals surface area contributed by atoms with E-state index in [9.17, 15) is 5.26 Å². The molecular formula is C32H21Cl4N5O2. The summed E-state index contributed by atoms with van der Waals surface area (Å²) in [6.45, 7) is 0. The third-order valence-electron chi connectivity index (χ3n) is 6.11. The van der Waals surface area contributed by atoms with Gasteiger partial charge in [-0.2, -0.15) is 10.5 Å². The first-order chi connectivity index (χ1) is 20.8. The lowest BCUT2D eigenvalue weighted by Gasteiger charge is -2.13. The molecule has 5 aromatic rings. The molecule has 0 bridgehead atoms. The average Bonchev–Trinajstić information content (AvgIpc) is 3.04. The molecule has 0 spiro atoms. The van der Waals surface area contributed by atoms with E-state index in [1.807, 2.05) is 72.8 Å². The van der Waals surface area contributed by atoms with Crippen LogP contribution in [0.25, 0.3) is 22.3 Å². The monoisotopic (exact) mass is 647 g/mol. The number of pyridine rings is 2. The number of hydrogen-bond acceptors (Lipinski definition) is 7. The van der Waals surface area contributed by atoms with Gasteiger partial charge < -0.3 is 14.8 Å². The number of rotatable bonds is 6. The van der Waals surface area contributed by atoms with Crippen LogP contribution in [0.1, 0.15) is 11.1 Å². The summed E-state index contributed by atoms with van der Waals surface area (Å²) in [6, 6.07) is 26.1. The van der Waals surface area contributed by atoms with Gasteiger partial charge in [-0.15, -0.1) is 0 Å². The van der Waals surface area contributed by atoms with Crippen molar-refractivity contribution >= 4 is 57.9 Å². The van der Waals surface area contributed by atoms with E-state index in [1.165, 1.54) is 6.20 Å². The van der Waals surface area contributed by atoms with Gasteiger partial charge in [-0.05, 0) is 47.5 Å². The first-order valence-electron chi connectivity index (χ1n) is 12.4. The molecule has 3 aromatic carbocycles. The van der Waals surface area contributed by atoms with Gasteiger partial charge in [0.1, 0.15) is 33.8 Å². The van der Waals surface area contributed by atoms with E-state index >= 15 is 0 Å². The normalized spacial score (nSPS) is 10.0. The van der Waals surface area contributed by atoms with Crippen molar-refractivity contribution in [2.75, 3.05) is 19.5 Å². The Balaban J connectivity index is 0.000000208. The minimum atomic E-state index is 0.125. The highest BCUT2D eigenvalue weighted by Crippen LogP contribution is 2.36. The van der Waals surface area contributed by atoms with E-state index in [2.05, 4.69) is 21.4 Å². The summed E-state index contributed by atoms with van der Waals surface area (Å²) in [5.41, 5.74) is 4.18. The number of methoxy groups -OCH3 is 2. The number of anilines is 2. The number of para-hydroxylation sites is 1. The van der Waals surface area contributed by atoms with Crippen LogP contribution in [0.4, 0.5) is 11.5 Å². The van der Waals surface area contributed by atoms with Crippen molar-refractivity contribution in [1.82, 2.24) is 9.97 Å². The van der Waals surface area contributed by atoms with E-state index in [4.69, 9.17) is 61.1 Å². The van der Waals surface area contributed by atoms with Gasteiger partial charge in [0.2, 0.25) is 0 Å². The summed E-state index contributed by atoms with van der Waals surface area (Å²) in [5, 5.41) is 22.9. The zero-order valence-corrected chi connectivity index (χ0v) is 25.7. The van der Waals surface area contributed by atoms with E-state index in [0.717, 1.165) is 11.1 Å². The summed E-state index contributed by atoms with van der Waals surface area (Å²) < 4.78 is 10.4. The molecule has 0 saturated heterocycles. The van der Waals surface area contributed by atoms with Crippen molar-refractivity contribution in [2.45, 2.75) is 0 Å². The smallest absolute Gasteiger partial charge is 0.150 e. The van der Waals surface area contributed by atoms with Crippen LogP contribution in [0.15, 0.2) is 85.2 Å². The Hall–Kier alpha value is -4.50. The summed E-state index contributed by atoms with van der Waals surface area (Å²) >= 11 is 24.3. The highest BCUT2D eigenvalue weighted by atomic mass is 35.5. The Morgan fingerprint density at radius 1 is 0.674 bits per heavy atom. The van der Waals surface area contributed by atoms with Gasteiger partial charge >= 0.3 is 0 Å². The Kier molecular flexibility index (Phi) is 10.7. The molecule has 5 rings (SSSR count). The molecule has 11 heteroatoms. The van der Waals surface area contributed by atoms with Crippen LogP contribution < -0.4 is 14.8 Å². The quantitative estimate of drug-likeness (QED) is 0.183. The van der Waals surface area contributed by atoms with Crippen molar-refractivity contribution in [3.8, 4) is 45.9 Å². The maximum absolute atomic E-state index is 9.58. The predicted octanol–water partition coefficient (Wildman–Crippen LogP) is 9.61. The number of hydrogen-bond donors (Lipinski definition) is 1. The molecule has 7 nitrogen and oxygen atoms in total. The molecule has 0 aliphatic rings. The van der Waals surface area contributed by atoms with Gasteiger partial charge in [0.05, 0.1) is 41.1 Å². The van der Waals surface area contributed by atoms with Crippen LogP contribution in [0.5, 0.6) is 11.5 Å². The molecule has 0 unspecified atom stereocenters. The summed E-state index contributed by atoms with van der Waals surface area (Å²) in [6.07, 6.45) is 3.14. The molecule has 0 aliphatic heterocycles. The maximum Gasteiger partial charge on any atom is 0.150 e. The van der Waals surface area contributed by atoms with Gasteiger partial charge in [-0.25, -0.2) is 9.97 Å². The zero-order chi connectivity index (χ0) is 30.9. The van der Waals surface area contributed by atoms with Gasteiger partial charge in [0.25, 0.3) is 0 Å². The van der Waals surface area contributed by atoms with Gasteiger partial charge in [0, 0.05) is 23.5 Å². The molecular weight excluding hydrogens is 628 g/mol. The van der Waals surface area contributed by atoms with Crippen LogP contribution in [0.3, 0.4) is 0 Å². The summed E-state index contributed by atoms with van der Waals surface area (Å²) in [7, 11) is 3.17. The molecule has 0 saturated carbocycles. The number of nitriles is 2. The van der Waals surface area contributed by atoms with Gasteiger partial charge in [-0.3, -0.25) is 0 Å². The Morgan fingerprint density at radius 3 is 1.74 bits per heavy atom. The third-order valence-corrected chi connectivity index (χ3v) is 7.56. The second-order valence-corrected chi connectivity index (χ2v) is 10.2. The largest absolute Gasteiger partial charge is 0.497 e. The molecule has 2 aromatic heterocycles. The first kappa shape index (κ1) is 31.4. The molecule has 0 atom stereocenters. The number of aromatic nitrogens is 2. The second kappa shape index (κ2) is 14.6. The zero-order valence-electron chi connectivity index (χ0n) is 22.7. The molecule has 43 heavy (non-hydrogen) atoms. The lowest BCUT2D eigenvalue weighted by Crippen LogP contribution is -1.99. The van der Waals surface area contributed by atoms with Crippen molar-refractivity contribution in [3.63, 3.8) is 0 Å². The predicted molar refractivity (Wildman–Crippen MR) is 172 cm³/mol. The van der Waals surface area contributed by atoms with Crippen LogP contribution in [-0.2, 0) is 0 Å². The minimum absolute atomic E-state index is 0.125. The molecule has 0 aliphatic carbocycles. The number of ether oxygens (including phenoxy) is 2. The third kappa shape index (κ3) is 7.29. The Bertz CT molecular complexity index is 1870. The average molecular weight is 649 g/mol. The molecule has 2 heterocycles. The SMILES string of the molecule is COc1cccc(-c2cnc(Cl)c(Cl)c2C#N)c1.COc1cccc(-c2cnc(Nc3ccccc3Cl)c(Cl)c2C#N)c1. The lowest BCUT2D eigenvalue weighted by atomic mass is 10.0. The van der Waals surface area contributed by atoms with E-state index in [0.29, 0.717) is 50.3 Å². The van der Waals surface area contributed by atoms with Crippen LogP contribution in [0.2, 0.25) is 20.2 Å². The summed E-state index contributed by atoms with van der Waals surface area (Å²) in [5.74, 6) is 1.76. The van der Waals surface area contributed by atoms with E-state index < -0.39 is 0 Å². The molecule has 214 valence electrons. The van der Waals surface area contributed by atoms with Crippen LogP contribution in [0, 0.1) is 22.7 Å². The molecule has 0 amide bonds. The first-order valence-corrected chi connectivity index (χ1v) is 14.0. The van der Waals surface area contributed by atoms with Crippen molar-refractivity contribution in [3.05, 3.63) is 117 Å². The van der Waals surface area contributed by atoms with E-state index in [-0.39, 0.29) is 15.2 Å². The number of halogens is 4. The minimum Gasteiger partial charge on any atom is -0.497 e. The van der Waals surface area contributed by atoms with Crippen molar-refractivity contribution in [1.29, 1.82) is 10.5 Å². The van der Waals surface area contributed by atoms with Crippen LogP contribution in [-0.4, -0.2) is 24.2 Å². The van der Waals surface area contributed by atoms with Gasteiger partial charge in [-0.1, -0.05) is 82.8 Å². The molecule has 0 radical (unpaired) electrons. The van der Waals surface area contributed by atoms with Crippen LogP contribution >= 0.6 is 46.4 Å². The fourth-order valence-electron chi connectivity index (χ4n) is 3.97. The molecule has 1 N–H and O–H groups in total. The maximum atomic E-state index is 9.58. The fourth-order valence-corrected chi connectivity index (χ4v) is 4.72. The fraction of sp³-hybridized carbons (Fsp3) is 0.0625. The number of nitrogens with one attached hydrogen (secondary N) is 1. The highest BCUT2D eigenvalue weighted by molar-refractivity contribution is 6.42.